The number of fused-ring (bicyclic) bond motifs is 2. The number of hydrogen-bond acceptors (Lipinski definition) is 6. The number of benzene rings is 2. The van der Waals surface area contributed by atoms with Crippen LogP contribution in [0, 0.1) is 24.0 Å². The van der Waals surface area contributed by atoms with Crippen molar-refractivity contribution in [1.29, 1.82) is 0 Å². The lowest BCUT2D eigenvalue weighted by Gasteiger charge is -2.25. The van der Waals surface area contributed by atoms with Crippen LogP contribution in [-0.4, -0.2) is 35.0 Å². The predicted octanol–water partition coefficient (Wildman–Crippen LogP) is 4.68. The van der Waals surface area contributed by atoms with Gasteiger partial charge in [-0.2, -0.15) is 0 Å². The lowest BCUT2D eigenvalue weighted by molar-refractivity contribution is -0.384. The van der Waals surface area contributed by atoms with Crippen LogP contribution in [0.1, 0.15) is 59.1 Å². The maximum Gasteiger partial charge on any atom is 0.290 e. The molecular weight excluding hydrogens is 424 g/mol. The SMILES string of the molecule is Cc1cc2oc3c(c(=O)c2cc1C)[C@@H](c1cccc([N+](=O)[O-])c1)N(CCCOC(C)C)C3=O. The highest BCUT2D eigenvalue weighted by Gasteiger charge is 2.42. The molecule has 8 nitrogen and oxygen atoms in total. The minimum absolute atomic E-state index is 0.00274. The Morgan fingerprint density at radius 2 is 1.88 bits per heavy atom. The Kier molecular flexibility index (Phi) is 6.03. The monoisotopic (exact) mass is 450 g/mol. The summed E-state index contributed by atoms with van der Waals surface area (Å²) in [7, 11) is 0. The molecule has 0 radical (unpaired) electrons. The van der Waals surface area contributed by atoms with Crippen LogP contribution < -0.4 is 5.43 Å². The molecule has 1 aliphatic rings. The van der Waals surface area contributed by atoms with Gasteiger partial charge in [-0.15, -0.1) is 0 Å². The second-order valence-electron chi connectivity index (χ2n) is 8.63. The molecule has 1 atom stereocenters. The van der Waals surface area contributed by atoms with Crippen molar-refractivity contribution < 1.29 is 18.9 Å². The first-order chi connectivity index (χ1) is 15.7. The van der Waals surface area contributed by atoms with Gasteiger partial charge in [0, 0.05) is 25.3 Å². The van der Waals surface area contributed by atoms with Crippen LogP contribution in [-0.2, 0) is 4.74 Å². The quantitative estimate of drug-likeness (QED) is 0.294. The lowest BCUT2D eigenvalue weighted by Crippen LogP contribution is -2.31. The van der Waals surface area contributed by atoms with Gasteiger partial charge in [-0.3, -0.25) is 19.7 Å². The minimum atomic E-state index is -0.770. The van der Waals surface area contributed by atoms with Gasteiger partial charge >= 0.3 is 0 Å². The molecule has 33 heavy (non-hydrogen) atoms. The molecule has 0 unspecified atom stereocenters. The van der Waals surface area contributed by atoms with E-state index in [1.807, 2.05) is 27.7 Å². The number of carbonyl (C=O) groups is 1. The van der Waals surface area contributed by atoms with Gasteiger partial charge in [-0.25, -0.2) is 0 Å². The molecule has 0 aliphatic carbocycles. The van der Waals surface area contributed by atoms with Crippen molar-refractivity contribution in [3.63, 3.8) is 0 Å². The standard InChI is InChI=1S/C25H26N2O6/c1-14(2)32-10-6-9-26-22(17-7-5-8-18(13-17)27(30)31)21-23(28)19-11-15(3)16(4)12-20(19)33-24(21)25(26)29/h5,7-8,11-14,22H,6,9-10H2,1-4H3/t22-/m1/s1. The molecular formula is C25H26N2O6. The number of non-ortho nitro benzene ring substituents is 1. The summed E-state index contributed by atoms with van der Waals surface area (Å²) in [5.41, 5.74) is 2.58. The molecule has 0 fully saturated rings. The van der Waals surface area contributed by atoms with Crippen LogP contribution in [0.4, 0.5) is 5.69 Å². The number of nitrogens with zero attached hydrogens (tertiary/aromatic N) is 2. The Labute approximate surface area is 190 Å². The molecule has 1 aromatic heterocycles. The van der Waals surface area contributed by atoms with E-state index in [9.17, 15) is 19.7 Å². The fraction of sp³-hybridized carbons (Fsp3) is 0.360. The van der Waals surface area contributed by atoms with Gasteiger partial charge in [0.05, 0.1) is 28.0 Å². The van der Waals surface area contributed by atoms with Gasteiger partial charge in [-0.05, 0) is 62.9 Å². The second-order valence-corrected chi connectivity index (χ2v) is 8.63. The van der Waals surface area contributed by atoms with E-state index >= 15 is 0 Å². The second kappa shape index (κ2) is 8.78. The smallest absolute Gasteiger partial charge is 0.290 e. The highest BCUT2D eigenvalue weighted by atomic mass is 16.6. The van der Waals surface area contributed by atoms with E-state index in [4.69, 9.17) is 9.15 Å². The third-order valence-corrected chi connectivity index (χ3v) is 5.97. The van der Waals surface area contributed by atoms with Gasteiger partial charge in [0.2, 0.25) is 5.76 Å². The third kappa shape index (κ3) is 4.14. The Balaban J connectivity index is 1.87. The van der Waals surface area contributed by atoms with Gasteiger partial charge in [-0.1, -0.05) is 12.1 Å². The van der Waals surface area contributed by atoms with Crippen LogP contribution >= 0.6 is 0 Å². The zero-order valence-corrected chi connectivity index (χ0v) is 19.1. The Morgan fingerprint density at radius 1 is 1.15 bits per heavy atom. The summed E-state index contributed by atoms with van der Waals surface area (Å²) in [6, 6.07) is 8.82. The number of ether oxygens (including phenoxy) is 1. The topological polar surface area (TPSA) is 103 Å². The predicted molar refractivity (Wildman–Crippen MR) is 124 cm³/mol. The van der Waals surface area contributed by atoms with Crippen molar-refractivity contribution in [3.8, 4) is 0 Å². The van der Waals surface area contributed by atoms with Gasteiger partial charge < -0.3 is 14.1 Å². The summed E-state index contributed by atoms with van der Waals surface area (Å²) >= 11 is 0. The summed E-state index contributed by atoms with van der Waals surface area (Å²) in [6.07, 6.45) is 0.610. The third-order valence-electron chi connectivity index (χ3n) is 5.97. The first-order valence-electron chi connectivity index (χ1n) is 10.9. The maximum atomic E-state index is 13.6. The number of nitro groups is 1. The van der Waals surface area contributed by atoms with Crippen LogP contribution in [0.15, 0.2) is 45.6 Å². The highest BCUT2D eigenvalue weighted by molar-refractivity contribution is 5.99. The molecule has 1 aliphatic heterocycles. The maximum absolute atomic E-state index is 13.6. The van der Waals surface area contributed by atoms with Crippen molar-refractivity contribution in [3.05, 3.63) is 84.7 Å². The zero-order chi connectivity index (χ0) is 23.9. The molecule has 0 spiro atoms. The number of rotatable bonds is 7. The van der Waals surface area contributed by atoms with E-state index in [2.05, 4.69) is 0 Å². The lowest BCUT2D eigenvalue weighted by atomic mass is 9.97. The molecule has 0 saturated carbocycles. The number of carbonyl (C=O) groups excluding carboxylic acids is 1. The largest absolute Gasteiger partial charge is 0.450 e. The first kappa shape index (κ1) is 22.7. The van der Waals surface area contributed by atoms with Crippen LogP contribution in [0.5, 0.6) is 0 Å². The van der Waals surface area contributed by atoms with Crippen LogP contribution in [0.25, 0.3) is 11.0 Å². The number of amides is 1. The normalized spacial score (nSPS) is 15.5. The number of hydrogen-bond donors (Lipinski definition) is 0. The molecule has 0 N–H and O–H groups in total. The molecule has 0 bridgehead atoms. The molecule has 172 valence electrons. The van der Waals surface area contributed by atoms with Crippen LogP contribution in [0.3, 0.4) is 0 Å². The van der Waals surface area contributed by atoms with Crippen LogP contribution in [0.2, 0.25) is 0 Å². The van der Waals surface area contributed by atoms with Gasteiger partial charge in [0.1, 0.15) is 5.58 Å². The molecule has 2 heterocycles. The summed E-state index contributed by atoms with van der Waals surface area (Å²) in [5, 5.41) is 11.8. The minimum Gasteiger partial charge on any atom is -0.450 e. The first-order valence-corrected chi connectivity index (χ1v) is 10.9. The average Bonchev–Trinajstić information content (AvgIpc) is 3.05. The van der Waals surface area contributed by atoms with E-state index in [1.165, 1.54) is 12.1 Å². The average molecular weight is 450 g/mol. The molecule has 2 aromatic carbocycles. The van der Waals surface area contributed by atoms with Crippen molar-refractivity contribution in [2.24, 2.45) is 0 Å². The highest BCUT2D eigenvalue weighted by Crippen LogP contribution is 2.39. The summed E-state index contributed by atoms with van der Waals surface area (Å²) in [5.74, 6) is -0.402. The molecule has 4 rings (SSSR count). The van der Waals surface area contributed by atoms with E-state index in [0.29, 0.717) is 36.1 Å². The molecule has 1 amide bonds. The van der Waals surface area contributed by atoms with Crippen molar-refractivity contribution >= 4 is 22.6 Å². The molecule has 0 saturated heterocycles. The van der Waals surface area contributed by atoms with Crippen molar-refractivity contribution in [2.75, 3.05) is 13.2 Å². The number of nitro benzene ring substituents is 1. The Hall–Kier alpha value is -3.52. The molecule has 3 aromatic rings. The van der Waals surface area contributed by atoms with Gasteiger partial charge in [0.15, 0.2) is 5.43 Å². The fourth-order valence-corrected chi connectivity index (χ4v) is 4.22. The van der Waals surface area contributed by atoms with E-state index in [-0.39, 0.29) is 28.5 Å². The van der Waals surface area contributed by atoms with E-state index in [0.717, 1.165) is 11.1 Å². The van der Waals surface area contributed by atoms with E-state index < -0.39 is 16.9 Å². The van der Waals surface area contributed by atoms with Gasteiger partial charge in [0.25, 0.3) is 11.6 Å². The van der Waals surface area contributed by atoms with E-state index in [1.54, 1.807) is 29.2 Å². The van der Waals surface area contributed by atoms with Crippen molar-refractivity contribution in [2.45, 2.75) is 46.3 Å². The molecule has 8 heteroatoms. The summed E-state index contributed by atoms with van der Waals surface area (Å²) < 4.78 is 11.6. The zero-order valence-electron chi connectivity index (χ0n) is 19.1. The Bertz CT molecular complexity index is 1310. The number of aryl methyl sites for hydroxylation is 2. The van der Waals surface area contributed by atoms with Crippen molar-refractivity contribution in [1.82, 2.24) is 4.90 Å². The fourth-order valence-electron chi connectivity index (χ4n) is 4.22. The summed E-state index contributed by atoms with van der Waals surface area (Å²) in [4.78, 5) is 39.4. The summed E-state index contributed by atoms with van der Waals surface area (Å²) in [6.45, 7) is 8.45. The Morgan fingerprint density at radius 3 is 2.58 bits per heavy atom.